The number of carbonyl (C=O) groups excluding carboxylic acids is 1. The van der Waals surface area contributed by atoms with E-state index in [0.29, 0.717) is 12.4 Å². The third-order valence-electron chi connectivity index (χ3n) is 3.89. The molecule has 1 fully saturated rings. The van der Waals surface area contributed by atoms with Crippen LogP contribution in [0.4, 0.5) is 11.5 Å². The molecule has 1 aromatic heterocycles. The number of piperidine rings is 1. The Morgan fingerprint density at radius 2 is 2.14 bits per heavy atom. The highest BCUT2D eigenvalue weighted by atomic mass is 16.6. The minimum Gasteiger partial charge on any atom is -0.365 e. The number of hydrogen-bond donors (Lipinski definition) is 1. The Hall–Kier alpha value is -2.22. The summed E-state index contributed by atoms with van der Waals surface area (Å²) >= 11 is 0. The molecule has 0 spiro atoms. The van der Waals surface area contributed by atoms with E-state index in [4.69, 9.17) is 5.73 Å². The van der Waals surface area contributed by atoms with Gasteiger partial charge < -0.3 is 15.5 Å². The molecule has 0 saturated carbocycles. The maximum absolute atomic E-state index is 11.5. The summed E-state index contributed by atoms with van der Waals surface area (Å²) in [4.78, 5) is 30.0. The number of nitrogens with two attached hydrogens (primary N) is 1. The van der Waals surface area contributed by atoms with Gasteiger partial charge in [0.15, 0.2) is 0 Å². The summed E-state index contributed by atoms with van der Waals surface area (Å²) in [7, 11) is 1.81. The van der Waals surface area contributed by atoms with Gasteiger partial charge in [0.05, 0.1) is 10.5 Å². The number of likely N-dealkylation sites (N-methyl/N-ethyl adjacent to an activating group) is 1. The van der Waals surface area contributed by atoms with Gasteiger partial charge in [-0.3, -0.25) is 14.9 Å². The number of nitro groups is 1. The van der Waals surface area contributed by atoms with Gasteiger partial charge in [-0.15, -0.1) is 0 Å². The molecular formula is C14H21N5O3. The van der Waals surface area contributed by atoms with E-state index >= 15 is 0 Å². The predicted molar refractivity (Wildman–Crippen MR) is 83.0 cm³/mol. The Balaban J connectivity index is 2.08. The number of primary amides is 1. The smallest absolute Gasteiger partial charge is 0.288 e. The molecule has 1 amide bonds. The zero-order valence-electron chi connectivity index (χ0n) is 12.7. The molecule has 22 heavy (non-hydrogen) atoms. The van der Waals surface area contributed by atoms with Crippen LogP contribution in [0.5, 0.6) is 0 Å². The Morgan fingerprint density at radius 3 is 2.73 bits per heavy atom. The third-order valence-corrected chi connectivity index (χ3v) is 3.89. The monoisotopic (exact) mass is 307 g/mol. The van der Waals surface area contributed by atoms with E-state index in [1.807, 2.05) is 11.9 Å². The number of rotatable bonds is 6. The topological polar surface area (TPSA) is 106 Å². The van der Waals surface area contributed by atoms with Crippen LogP contribution in [0.2, 0.25) is 0 Å². The molecule has 1 aliphatic rings. The van der Waals surface area contributed by atoms with Crippen molar-refractivity contribution in [1.82, 2.24) is 9.88 Å². The van der Waals surface area contributed by atoms with Crippen molar-refractivity contribution in [3.63, 3.8) is 0 Å². The van der Waals surface area contributed by atoms with E-state index < -0.39 is 10.8 Å². The Morgan fingerprint density at radius 1 is 1.45 bits per heavy atom. The zero-order valence-corrected chi connectivity index (χ0v) is 12.7. The van der Waals surface area contributed by atoms with Crippen molar-refractivity contribution in [2.24, 2.45) is 5.73 Å². The number of aromatic nitrogens is 1. The van der Waals surface area contributed by atoms with Crippen LogP contribution < -0.4 is 10.6 Å². The lowest BCUT2D eigenvalue weighted by Gasteiger charge is -2.29. The van der Waals surface area contributed by atoms with Gasteiger partial charge in [-0.05, 0) is 25.9 Å². The van der Waals surface area contributed by atoms with Gasteiger partial charge in [0.1, 0.15) is 12.0 Å². The second-order valence-corrected chi connectivity index (χ2v) is 5.51. The first-order valence-electron chi connectivity index (χ1n) is 7.37. The maximum atomic E-state index is 11.5. The number of pyridine rings is 1. The molecular weight excluding hydrogens is 286 g/mol. The van der Waals surface area contributed by atoms with Crippen molar-refractivity contribution in [3.8, 4) is 0 Å². The van der Waals surface area contributed by atoms with E-state index in [-0.39, 0.29) is 11.3 Å². The fourth-order valence-electron chi connectivity index (χ4n) is 2.61. The van der Waals surface area contributed by atoms with Crippen LogP contribution >= 0.6 is 0 Å². The van der Waals surface area contributed by atoms with Crippen LogP contribution in [0.3, 0.4) is 0 Å². The van der Waals surface area contributed by atoms with Gasteiger partial charge in [0.2, 0.25) is 0 Å². The fraction of sp³-hybridized carbons (Fsp3) is 0.571. The van der Waals surface area contributed by atoms with Crippen LogP contribution in [0.15, 0.2) is 12.3 Å². The number of hydrogen-bond acceptors (Lipinski definition) is 6. The lowest BCUT2D eigenvalue weighted by Crippen LogP contribution is -2.37. The van der Waals surface area contributed by atoms with Gasteiger partial charge >= 0.3 is 0 Å². The van der Waals surface area contributed by atoms with Crippen molar-refractivity contribution >= 4 is 17.4 Å². The molecule has 0 bridgehead atoms. The molecule has 2 rings (SSSR count). The molecule has 0 unspecified atom stereocenters. The number of likely N-dealkylation sites (tertiary alicyclic amines) is 1. The first-order chi connectivity index (χ1) is 10.5. The van der Waals surface area contributed by atoms with E-state index in [0.717, 1.165) is 25.8 Å². The molecule has 0 aromatic carbocycles. The third kappa shape index (κ3) is 3.91. The molecule has 8 heteroatoms. The standard InChI is InChI=1S/C14H21N5O3/c1-17(7-8-18-5-3-2-4-6-18)14-12(13(15)20)9-11(10-16-14)19(21)22/h9-10H,2-8H2,1H3,(H2,15,20). The SMILES string of the molecule is CN(CCN1CCCCC1)c1ncc([N+](=O)[O-])cc1C(N)=O. The van der Waals surface area contributed by atoms with Crippen molar-refractivity contribution in [1.29, 1.82) is 0 Å². The molecule has 1 aromatic rings. The minimum atomic E-state index is -0.712. The molecule has 2 N–H and O–H groups in total. The van der Waals surface area contributed by atoms with Crippen molar-refractivity contribution < 1.29 is 9.72 Å². The largest absolute Gasteiger partial charge is 0.365 e. The summed E-state index contributed by atoms with van der Waals surface area (Å²) < 4.78 is 0. The highest BCUT2D eigenvalue weighted by Crippen LogP contribution is 2.21. The normalized spacial score (nSPS) is 15.5. The highest BCUT2D eigenvalue weighted by Gasteiger charge is 2.19. The summed E-state index contributed by atoms with van der Waals surface area (Å²) in [5.41, 5.74) is 5.17. The summed E-state index contributed by atoms with van der Waals surface area (Å²) in [5, 5.41) is 10.8. The van der Waals surface area contributed by atoms with Crippen molar-refractivity contribution in [2.45, 2.75) is 19.3 Å². The molecule has 8 nitrogen and oxygen atoms in total. The van der Waals surface area contributed by atoms with Crippen molar-refractivity contribution in [3.05, 3.63) is 27.9 Å². The first-order valence-corrected chi connectivity index (χ1v) is 7.37. The minimum absolute atomic E-state index is 0.0790. The predicted octanol–water partition coefficient (Wildman–Crippen LogP) is 1.01. The summed E-state index contributed by atoms with van der Waals surface area (Å²) in [6, 6.07) is 1.18. The van der Waals surface area contributed by atoms with E-state index in [1.54, 1.807) is 0 Å². The molecule has 0 atom stereocenters. The number of carbonyl (C=O) groups is 1. The van der Waals surface area contributed by atoms with Crippen LogP contribution in [-0.4, -0.2) is 53.9 Å². The second-order valence-electron chi connectivity index (χ2n) is 5.51. The maximum Gasteiger partial charge on any atom is 0.288 e. The van der Waals surface area contributed by atoms with Crippen LogP contribution in [0, 0.1) is 10.1 Å². The zero-order chi connectivity index (χ0) is 16.1. The first kappa shape index (κ1) is 16.2. The average Bonchev–Trinajstić information content (AvgIpc) is 2.52. The Labute approximate surface area is 129 Å². The molecule has 1 saturated heterocycles. The van der Waals surface area contributed by atoms with Gasteiger partial charge in [-0.25, -0.2) is 4.98 Å². The lowest BCUT2D eigenvalue weighted by molar-refractivity contribution is -0.385. The fourth-order valence-corrected chi connectivity index (χ4v) is 2.61. The highest BCUT2D eigenvalue weighted by molar-refractivity contribution is 5.98. The van der Waals surface area contributed by atoms with Gasteiger partial charge in [0, 0.05) is 26.2 Å². The quantitative estimate of drug-likeness (QED) is 0.621. The van der Waals surface area contributed by atoms with Crippen LogP contribution in [0.1, 0.15) is 29.6 Å². The van der Waals surface area contributed by atoms with Crippen LogP contribution in [0.25, 0.3) is 0 Å². The lowest BCUT2D eigenvalue weighted by atomic mass is 10.1. The Bertz CT molecular complexity index is 557. The second kappa shape index (κ2) is 7.17. The van der Waals surface area contributed by atoms with E-state index in [2.05, 4.69) is 9.88 Å². The van der Waals surface area contributed by atoms with Gasteiger partial charge in [-0.1, -0.05) is 6.42 Å². The van der Waals surface area contributed by atoms with Crippen molar-refractivity contribution in [2.75, 3.05) is 38.1 Å². The molecule has 2 heterocycles. The van der Waals surface area contributed by atoms with Crippen LogP contribution in [-0.2, 0) is 0 Å². The van der Waals surface area contributed by atoms with Gasteiger partial charge in [0.25, 0.3) is 11.6 Å². The average molecular weight is 307 g/mol. The Kier molecular flexibility index (Phi) is 5.26. The molecule has 120 valence electrons. The van der Waals surface area contributed by atoms with E-state index in [9.17, 15) is 14.9 Å². The summed E-state index contributed by atoms with van der Waals surface area (Å²) in [6.45, 7) is 3.73. The van der Waals surface area contributed by atoms with E-state index in [1.165, 1.54) is 25.3 Å². The number of amides is 1. The van der Waals surface area contributed by atoms with Gasteiger partial charge in [-0.2, -0.15) is 0 Å². The molecule has 0 radical (unpaired) electrons. The summed E-state index contributed by atoms with van der Waals surface area (Å²) in [6.07, 6.45) is 4.86. The molecule has 0 aliphatic carbocycles. The number of nitrogens with zero attached hydrogens (tertiary/aromatic N) is 4. The summed E-state index contributed by atoms with van der Waals surface area (Å²) in [5.74, 6) is -0.328. The number of anilines is 1. The molecule has 1 aliphatic heterocycles.